The Morgan fingerprint density at radius 1 is 1.00 bits per heavy atom. The number of fused-ring (bicyclic) bond motifs is 1. The monoisotopic (exact) mass is 273 g/mol. The summed E-state index contributed by atoms with van der Waals surface area (Å²) >= 11 is 0. The van der Waals surface area contributed by atoms with Crippen molar-refractivity contribution in [1.82, 2.24) is 0 Å². The van der Waals surface area contributed by atoms with Crippen molar-refractivity contribution in [2.75, 3.05) is 13.2 Å². The number of nitrogens with two attached hydrogens (primary N) is 1. The summed E-state index contributed by atoms with van der Waals surface area (Å²) in [5, 5.41) is 0. The molecular weight excluding hydrogens is 257 g/mol. The van der Waals surface area contributed by atoms with E-state index < -0.39 is 0 Å². The average molecular weight is 273 g/mol. The van der Waals surface area contributed by atoms with Gasteiger partial charge >= 0.3 is 0 Å². The Hall–Kier alpha value is -2.07. The van der Waals surface area contributed by atoms with Gasteiger partial charge < -0.3 is 15.2 Å². The van der Waals surface area contributed by atoms with Crippen LogP contribution in [-0.2, 0) is 0 Å². The molecule has 0 spiro atoms. The van der Waals surface area contributed by atoms with Crippen LogP contribution in [0.1, 0.15) is 22.7 Å². The van der Waals surface area contributed by atoms with Crippen molar-refractivity contribution < 1.29 is 13.9 Å². The zero-order chi connectivity index (χ0) is 14.1. The summed E-state index contributed by atoms with van der Waals surface area (Å²) in [4.78, 5) is 0. The van der Waals surface area contributed by atoms with E-state index in [1.807, 2.05) is 24.3 Å². The van der Waals surface area contributed by atoms with Crippen LogP contribution in [-0.4, -0.2) is 13.2 Å². The van der Waals surface area contributed by atoms with E-state index in [9.17, 15) is 4.39 Å². The molecule has 2 aromatic carbocycles. The van der Waals surface area contributed by atoms with Gasteiger partial charge in [-0.1, -0.05) is 18.2 Å². The number of rotatable bonds is 2. The number of ether oxygens (including phenoxy) is 2. The molecule has 1 atom stereocenters. The Morgan fingerprint density at radius 2 is 1.65 bits per heavy atom. The van der Waals surface area contributed by atoms with Crippen molar-refractivity contribution in [2.45, 2.75) is 13.0 Å². The van der Waals surface area contributed by atoms with Crippen LogP contribution in [0.3, 0.4) is 0 Å². The molecule has 104 valence electrons. The number of benzene rings is 2. The van der Waals surface area contributed by atoms with Crippen LogP contribution >= 0.6 is 0 Å². The maximum atomic E-state index is 13.6. The molecule has 2 aromatic rings. The number of halogens is 1. The lowest BCUT2D eigenvalue weighted by atomic mass is 9.98. The number of hydrogen-bond donors (Lipinski definition) is 1. The van der Waals surface area contributed by atoms with Crippen LogP contribution in [0.4, 0.5) is 4.39 Å². The Kier molecular flexibility index (Phi) is 3.32. The lowest BCUT2D eigenvalue weighted by molar-refractivity contribution is 0.171. The first-order valence-corrected chi connectivity index (χ1v) is 6.56. The van der Waals surface area contributed by atoms with Crippen LogP contribution in [0.2, 0.25) is 0 Å². The summed E-state index contributed by atoms with van der Waals surface area (Å²) in [7, 11) is 0. The zero-order valence-electron chi connectivity index (χ0n) is 11.2. The van der Waals surface area contributed by atoms with Gasteiger partial charge in [-0.25, -0.2) is 4.39 Å². The Morgan fingerprint density at radius 3 is 2.40 bits per heavy atom. The molecule has 1 aliphatic rings. The SMILES string of the molecule is Cc1ccc(C(N)c2ccc3c(c2)OCCO3)cc1F. The van der Waals surface area contributed by atoms with Gasteiger partial charge in [0.15, 0.2) is 11.5 Å². The molecule has 0 fully saturated rings. The third-order valence-electron chi connectivity index (χ3n) is 3.48. The highest BCUT2D eigenvalue weighted by atomic mass is 19.1. The summed E-state index contributed by atoms with van der Waals surface area (Å²) in [6, 6.07) is 10.3. The maximum Gasteiger partial charge on any atom is 0.161 e. The van der Waals surface area contributed by atoms with Crippen LogP contribution in [0.5, 0.6) is 11.5 Å². The largest absolute Gasteiger partial charge is 0.486 e. The third kappa shape index (κ3) is 2.34. The highest BCUT2D eigenvalue weighted by Gasteiger charge is 2.16. The second-order valence-electron chi connectivity index (χ2n) is 4.89. The highest BCUT2D eigenvalue weighted by molar-refractivity contribution is 5.46. The minimum absolute atomic E-state index is 0.240. The highest BCUT2D eigenvalue weighted by Crippen LogP contribution is 2.33. The summed E-state index contributed by atoms with van der Waals surface area (Å²) in [5.41, 5.74) is 8.43. The summed E-state index contributed by atoms with van der Waals surface area (Å²) in [6.07, 6.45) is 0. The van der Waals surface area contributed by atoms with E-state index in [0.29, 0.717) is 24.5 Å². The van der Waals surface area contributed by atoms with Gasteiger partial charge in [0.1, 0.15) is 19.0 Å². The molecular formula is C16H16FNO2. The van der Waals surface area contributed by atoms with Crippen molar-refractivity contribution in [1.29, 1.82) is 0 Å². The smallest absolute Gasteiger partial charge is 0.161 e. The predicted octanol–water partition coefficient (Wildman–Crippen LogP) is 2.95. The molecule has 0 saturated carbocycles. The molecule has 3 nitrogen and oxygen atoms in total. The van der Waals surface area contributed by atoms with Gasteiger partial charge in [0.2, 0.25) is 0 Å². The quantitative estimate of drug-likeness (QED) is 0.915. The first-order chi connectivity index (χ1) is 9.65. The standard InChI is InChI=1S/C16H16FNO2/c1-10-2-3-11(8-13(10)17)16(18)12-4-5-14-15(9-12)20-7-6-19-14/h2-5,8-9,16H,6-7,18H2,1H3. The molecule has 1 heterocycles. The molecule has 0 bridgehead atoms. The fourth-order valence-electron chi connectivity index (χ4n) is 2.25. The first-order valence-electron chi connectivity index (χ1n) is 6.56. The molecule has 20 heavy (non-hydrogen) atoms. The lowest BCUT2D eigenvalue weighted by Crippen LogP contribution is -2.17. The van der Waals surface area contributed by atoms with Gasteiger partial charge in [-0.3, -0.25) is 0 Å². The van der Waals surface area contributed by atoms with Crippen LogP contribution in [0.25, 0.3) is 0 Å². The van der Waals surface area contributed by atoms with Gasteiger partial charge in [-0.2, -0.15) is 0 Å². The topological polar surface area (TPSA) is 44.5 Å². The lowest BCUT2D eigenvalue weighted by Gasteiger charge is -2.20. The maximum absolute atomic E-state index is 13.6. The van der Waals surface area contributed by atoms with E-state index in [1.54, 1.807) is 13.0 Å². The fraction of sp³-hybridized carbons (Fsp3) is 0.250. The summed E-state index contributed by atoms with van der Waals surface area (Å²) in [6.45, 7) is 2.82. The Bertz CT molecular complexity index is 642. The summed E-state index contributed by atoms with van der Waals surface area (Å²) < 4.78 is 24.6. The second kappa shape index (κ2) is 5.13. The summed E-state index contributed by atoms with van der Waals surface area (Å²) in [5.74, 6) is 1.18. The average Bonchev–Trinajstić information content (AvgIpc) is 2.49. The minimum atomic E-state index is -0.388. The minimum Gasteiger partial charge on any atom is -0.486 e. The molecule has 0 radical (unpaired) electrons. The fourth-order valence-corrected chi connectivity index (χ4v) is 2.25. The van der Waals surface area contributed by atoms with Crippen molar-refractivity contribution in [3.05, 3.63) is 58.9 Å². The van der Waals surface area contributed by atoms with Crippen molar-refractivity contribution in [3.63, 3.8) is 0 Å². The van der Waals surface area contributed by atoms with E-state index in [0.717, 1.165) is 16.9 Å². The van der Waals surface area contributed by atoms with E-state index in [4.69, 9.17) is 15.2 Å². The molecule has 0 aliphatic carbocycles. The predicted molar refractivity (Wildman–Crippen MR) is 74.6 cm³/mol. The molecule has 2 N–H and O–H groups in total. The third-order valence-corrected chi connectivity index (χ3v) is 3.48. The first kappa shape index (κ1) is 12.9. The van der Waals surface area contributed by atoms with E-state index >= 15 is 0 Å². The Balaban J connectivity index is 1.93. The van der Waals surface area contributed by atoms with E-state index in [2.05, 4.69) is 0 Å². The van der Waals surface area contributed by atoms with Crippen LogP contribution in [0.15, 0.2) is 36.4 Å². The van der Waals surface area contributed by atoms with Gasteiger partial charge in [0.25, 0.3) is 0 Å². The van der Waals surface area contributed by atoms with Gasteiger partial charge in [0.05, 0.1) is 6.04 Å². The molecule has 0 saturated heterocycles. The van der Waals surface area contributed by atoms with E-state index in [-0.39, 0.29) is 11.9 Å². The van der Waals surface area contributed by atoms with Crippen LogP contribution < -0.4 is 15.2 Å². The molecule has 3 rings (SSSR count). The van der Waals surface area contributed by atoms with Crippen molar-refractivity contribution in [3.8, 4) is 11.5 Å². The number of aryl methyl sites for hydroxylation is 1. The molecule has 1 unspecified atom stereocenters. The van der Waals surface area contributed by atoms with Gasteiger partial charge in [0, 0.05) is 0 Å². The molecule has 0 aromatic heterocycles. The van der Waals surface area contributed by atoms with Gasteiger partial charge in [-0.05, 0) is 41.8 Å². The van der Waals surface area contributed by atoms with Crippen LogP contribution in [0, 0.1) is 12.7 Å². The number of hydrogen-bond acceptors (Lipinski definition) is 3. The zero-order valence-corrected chi connectivity index (χ0v) is 11.2. The van der Waals surface area contributed by atoms with Crippen molar-refractivity contribution in [2.24, 2.45) is 5.73 Å². The molecule has 0 amide bonds. The normalized spacial score (nSPS) is 14.9. The van der Waals surface area contributed by atoms with Crippen molar-refractivity contribution >= 4 is 0 Å². The molecule has 4 heteroatoms. The second-order valence-corrected chi connectivity index (χ2v) is 4.89. The van der Waals surface area contributed by atoms with E-state index in [1.165, 1.54) is 6.07 Å². The Labute approximate surface area is 117 Å². The van der Waals surface area contributed by atoms with Gasteiger partial charge in [-0.15, -0.1) is 0 Å². The molecule has 1 aliphatic heterocycles.